The number of para-hydroxylation sites is 3. The Morgan fingerprint density at radius 3 is 1.40 bits per heavy atom. The van der Waals surface area contributed by atoms with E-state index in [2.05, 4.69) is 248 Å². The molecule has 11 rings (SSSR count). The molecule has 1 aliphatic rings. The first-order valence-corrected chi connectivity index (χ1v) is 25.2. The summed E-state index contributed by atoms with van der Waals surface area (Å²) in [6, 6.07) is 83.6. The standard InChI is InChI=1S/C56H43BGeN2/c1-40-37-47(60-54-34-20-15-29-48(54)49-39-46(35-36-55(49)60)59(44-25-11-5-12-26-44)45-27-13-6-14-28-45)38-41(2)56(40)57-50-30-16-18-32-52(50)58(42-21-7-3-8-22-42,43-23-9-4-10-24-43)53-33-19-17-31-51(53)57/h3-39H,1-2H3. The molecule has 0 atom stereocenters. The second kappa shape index (κ2) is 14.8. The number of nitrogens with zero attached hydrogens (tertiary/aromatic N) is 2. The molecular formula is C56H43BGeN2. The van der Waals surface area contributed by atoms with Gasteiger partial charge in [-0.25, -0.2) is 0 Å². The van der Waals surface area contributed by atoms with Crippen molar-refractivity contribution in [2.45, 2.75) is 13.8 Å². The number of anilines is 3. The summed E-state index contributed by atoms with van der Waals surface area (Å²) >= 11 is -3.44. The summed E-state index contributed by atoms with van der Waals surface area (Å²) < 4.78 is 8.47. The molecule has 0 spiro atoms. The summed E-state index contributed by atoms with van der Waals surface area (Å²) in [7, 11) is 0. The first-order chi connectivity index (χ1) is 29.6. The molecule has 0 bridgehead atoms. The second-order valence-electron chi connectivity index (χ2n) is 16.1. The zero-order chi connectivity index (χ0) is 40.2. The molecule has 2 heterocycles. The van der Waals surface area contributed by atoms with E-state index in [1.54, 1.807) is 0 Å². The van der Waals surface area contributed by atoms with Gasteiger partial charge >= 0.3 is 280 Å². The monoisotopic (exact) mass is 828 g/mol. The minimum atomic E-state index is -3.44. The van der Waals surface area contributed by atoms with Crippen molar-refractivity contribution in [3.8, 4) is 5.69 Å². The fourth-order valence-corrected chi connectivity index (χ4v) is 21.5. The van der Waals surface area contributed by atoms with Gasteiger partial charge in [-0.05, 0) is 24.3 Å². The Balaban J connectivity index is 1.09. The predicted molar refractivity (Wildman–Crippen MR) is 260 cm³/mol. The molecule has 9 aromatic carbocycles. The normalized spacial score (nSPS) is 12.9. The number of aromatic nitrogens is 1. The Morgan fingerprint density at radius 2 is 0.850 bits per heavy atom. The molecule has 0 aliphatic carbocycles. The summed E-state index contributed by atoms with van der Waals surface area (Å²) in [4.78, 5) is 2.35. The van der Waals surface area contributed by atoms with Crippen LogP contribution in [0, 0.1) is 13.8 Å². The Bertz CT molecular complexity index is 3030. The van der Waals surface area contributed by atoms with Gasteiger partial charge in [-0.15, -0.1) is 0 Å². The molecule has 0 amide bonds. The average molecular weight is 827 g/mol. The molecule has 2 nitrogen and oxygen atoms in total. The Kier molecular flexibility index (Phi) is 8.94. The number of hydrogen-bond acceptors (Lipinski definition) is 1. The number of fused-ring (bicyclic) bond motifs is 5. The van der Waals surface area contributed by atoms with Gasteiger partial charge in [0.15, 0.2) is 0 Å². The molecule has 0 saturated heterocycles. The minimum absolute atomic E-state index is 0.111. The molecule has 1 aromatic heterocycles. The van der Waals surface area contributed by atoms with Gasteiger partial charge in [-0.3, -0.25) is 0 Å². The van der Waals surface area contributed by atoms with Crippen LogP contribution in [0.3, 0.4) is 0 Å². The van der Waals surface area contributed by atoms with E-state index in [-0.39, 0.29) is 6.71 Å². The molecule has 1 aliphatic heterocycles. The van der Waals surface area contributed by atoms with Gasteiger partial charge in [0.2, 0.25) is 0 Å². The van der Waals surface area contributed by atoms with Crippen LogP contribution in [0.2, 0.25) is 0 Å². The molecule has 0 saturated carbocycles. The third kappa shape index (κ3) is 5.64. The van der Waals surface area contributed by atoms with E-state index in [1.165, 1.54) is 72.6 Å². The fourth-order valence-electron chi connectivity index (χ4n) is 10.5. The van der Waals surface area contributed by atoms with E-state index in [4.69, 9.17) is 0 Å². The number of hydrogen-bond donors (Lipinski definition) is 0. The number of aryl methyl sites for hydroxylation is 2. The topological polar surface area (TPSA) is 8.17 Å². The Morgan fingerprint density at radius 1 is 0.400 bits per heavy atom. The average Bonchev–Trinajstić information content (AvgIpc) is 3.64. The van der Waals surface area contributed by atoms with Crippen molar-refractivity contribution >= 4 is 92.8 Å². The number of rotatable bonds is 7. The quantitative estimate of drug-likeness (QED) is 0.146. The van der Waals surface area contributed by atoms with Crippen molar-refractivity contribution in [3.63, 3.8) is 0 Å². The molecule has 60 heavy (non-hydrogen) atoms. The van der Waals surface area contributed by atoms with Gasteiger partial charge in [0.25, 0.3) is 0 Å². The molecule has 0 unspecified atom stereocenters. The molecule has 284 valence electrons. The van der Waals surface area contributed by atoms with Crippen molar-refractivity contribution in [3.05, 3.63) is 236 Å². The van der Waals surface area contributed by atoms with Gasteiger partial charge in [-0.2, -0.15) is 0 Å². The molecule has 0 N–H and O–H groups in total. The first kappa shape index (κ1) is 36.3. The zero-order valence-electron chi connectivity index (χ0n) is 33.8. The van der Waals surface area contributed by atoms with Crippen LogP contribution in [0.15, 0.2) is 224 Å². The second-order valence-corrected chi connectivity index (χ2v) is 24.0. The maximum atomic E-state index is 2.47. The molecule has 10 aromatic rings. The summed E-state index contributed by atoms with van der Waals surface area (Å²) in [6.07, 6.45) is 0. The summed E-state index contributed by atoms with van der Waals surface area (Å²) in [5, 5.41) is 2.48. The molecule has 0 fully saturated rings. The van der Waals surface area contributed by atoms with Crippen LogP contribution in [0.25, 0.3) is 27.5 Å². The van der Waals surface area contributed by atoms with Crippen molar-refractivity contribution in [2.75, 3.05) is 4.90 Å². The van der Waals surface area contributed by atoms with E-state index in [9.17, 15) is 0 Å². The summed E-state index contributed by atoms with van der Waals surface area (Å²) in [6.45, 7) is 4.77. The van der Waals surface area contributed by atoms with Crippen LogP contribution < -0.4 is 38.9 Å². The van der Waals surface area contributed by atoms with E-state index >= 15 is 0 Å². The maximum absolute atomic E-state index is 3.44. The van der Waals surface area contributed by atoms with Crippen LogP contribution in [0.4, 0.5) is 17.1 Å². The Labute approximate surface area is 355 Å². The van der Waals surface area contributed by atoms with Crippen LogP contribution >= 0.6 is 0 Å². The van der Waals surface area contributed by atoms with E-state index in [1.807, 2.05) is 0 Å². The third-order valence-corrected chi connectivity index (χ3v) is 23.2. The summed E-state index contributed by atoms with van der Waals surface area (Å²) in [5.41, 5.74) is 13.9. The van der Waals surface area contributed by atoms with Gasteiger partial charge in [0.05, 0.1) is 0 Å². The van der Waals surface area contributed by atoms with E-state index < -0.39 is 13.3 Å². The van der Waals surface area contributed by atoms with Gasteiger partial charge in [-0.1, -0.05) is 36.4 Å². The van der Waals surface area contributed by atoms with Crippen molar-refractivity contribution in [1.29, 1.82) is 0 Å². The van der Waals surface area contributed by atoms with Crippen molar-refractivity contribution in [2.24, 2.45) is 0 Å². The van der Waals surface area contributed by atoms with Crippen LogP contribution in [0.1, 0.15) is 11.1 Å². The first-order valence-electron chi connectivity index (χ1n) is 21.0. The molecule has 4 heteroatoms. The van der Waals surface area contributed by atoms with Crippen molar-refractivity contribution < 1.29 is 0 Å². The van der Waals surface area contributed by atoms with E-state index in [0.717, 1.165) is 17.1 Å². The van der Waals surface area contributed by atoms with Crippen LogP contribution in [0.5, 0.6) is 0 Å². The third-order valence-electron chi connectivity index (χ3n) is 12.8. The molecular weight excluding hydrogens is 784 g/mol. The number of benzene rings is 9. The van der Waals surface area contributed by atoms with Gasteiger partial charge in [0.1, 0.15) is 0 Å². The van der Waals surface area contributed by atoms with E-state index in [0.29, 0.717) is 0 Å². The fraction of sp³-hybridized carbons (Fsp3) is 0.0357. The predicted octanol–water partition coefficient (Wildman–Crippen LogP) is 9.08. The molecule has 0 radical (unpaired) electrons. The van der Waals surface area contributed by atoms with Crippen molar-refractivity contribution in [1.82, 2.24) is 4.57 Å². The summed E-state index contributed by atoms with van der Waals surface area (Å²) in [5.74, 6) is 0. The van der Waals surface area contributed by atoms with Gasteiger partial charge < -0.3 is 4.90 Å². The van der Waals surface area contributed by atoms with Crippen LogP contribution in [-0.2, 0) is 0 Å². The Hall–Kier alpha value is -6.81. The van der Waals surface area contributed by atoms with Gasteiger partial charge in [0, 0.05) is 11.4 Å². The zero-order valence-corrected chi connectivity index (χ0v) is 35.9. The van der Waals surface area contributed by atoms with Crippen LogP contribution in [-0.4, -0.2) is 24.5 Å². The SMILES string of the molecule is Cc1cc(-n2c3ccccc3c3cc(N(c4ccccc4)c4ccccc4)ccc32)cc(C)c1B1c2cccc[c]2[Ge]([c]2ccccc2)([c]2ccccc2)[c]2ccccc21.